The van der Waals surface area contributed by atoms with Gasteiger partial charge in [-0.25, -0.2) is 0 Å². The average Bonchev–Trinajstić information content (AvgIpc) is 2.70. The van der Waals surface area contributed by atoms with Crippen molar-refractivity contribution in [2.24, 2.45) is 0 Å². The van der Waals surface area contributed by atoms with Crippen molar-refractivity contribution >= 4 is 0 Å². The molecule has 0 bridgehead atoms. The van der Waals surface area contributed by atoms with E-state index in [0.717, 1.165) is 62.1 Å². The average molecular weight is 370 g/mol. The summed E-state index contributed by atoms with van der Waals surface area (Å²) in [5.41, 5.74) is 3.58. The van der Waals surface area contributed by atoms with E-state index in [4.69, 9.17) is 14.2 Å². The number of methoxy groups -OCH3 is 3. The fourth-order valence-corrected chi connectivity index (χ4v) is 3.73. The Balaban J connectivity index is 1.57. The molecule has 0 aliphatic carbocycles. The van der Waals surface area contributed by atoms with Crippen molar-refractivity contribution in [3.8, 4) is 17.2 Å². The number of hydrogen-bond donors (Lipinski definition) is 0. The van der Waals surface area contributed by atoms with Crippen molar-refractivity contribution in [1.29, 1.82) is 0 Å². The maximum absolute atomic E-state index is 5.65. The fraction of sp³-hybridized carbons (Fsp3) is 0.455. The molecule has 1 heterocycles. The van der Waals surface area contributed by atoms with Gasteiger partial charge >= 0.3 is 0 Å². The Hall–Kier alpha value is -2.24. The standard InChI is InChI=1S/C22H30N2O3/c1-17-21(26-3)9-8-19(22(17)27-4)16-24-12-10-23(11-13-24)15-18-6-5-7-20(14-18)25-2/h5-9,14H,10-13,15-16H2,1-4H3. The van der Waals surface area contributed by atoms with E-state index < -0.39 is 0 Å². The third-order valence-corrected chi connectivity index (χ3v) is 5.26. The minimum Gasteiger partial charge on any atom is -0.497 e. The summed E-state index contributed by atoms with van der Waals surface area (Å²) in [4.78, 5) is 4.99. The molecule has 1 fully saturated rings. The number of rotatable bonds is 7. The molecule has 27 heavy (non-hydrogen) atoms. The molecule has 0 amide bonds. The van der Waals surface area contributed by atoms with Gasteiger partial charge in [-0.3, -0.25) is 9.80 Å². The van der Waals surface area contributed by atoms with Crippen LogP contribution in [-0.2, 0) is 13.1 Å². The fourth-order valence-electron chi connectivity index (χ4n) is 3.73. The normalized spacial score (nSPS) is 15.6. The summed E-state index contributed by atoms with van der Waals surface area (Å²) in [6.07, 6.45) is 0. The first-order chi connectivity index (χ1) is 13.1. The predicted molar refractivity (Wildman–Crippen MR) is 108 cm³/mol. The lowest BCUT2D eigenvalue weighted by Crippen LogP contribution is -2.45. The summed E-state index contributed by atoms with van der Waals surface area (Å²) in [6.45, 7) is 8.16. The number of benzene rings is 2. The molecule has 2 aromatic carbocycles. The molecule has 5 nitrogen and oxygen atoms in total. The van der Waals surface area contributed by atoms with Crippen LogP contribution in [0.25, 0.3) is 0 Å². The molecule has 0 saturated carbocycles. The highest BCUT2D eigenvalue weighted by molar-refractivity contribution is 5.49. The van der Waals surface area contributed by atoms with Crippen molar-refractivity contribution in [3.05, 3.63) is 53.1 Å². The topological polar surface area (TPSA) is 34.2 Å². The Kier molecular flexibility index (Phi) is 6.58. The molecule has 2 aromatic rings. The highest BCUT2D eigenvalue weighted by Crippen LogP contribution is 2.32. The maximum atomic E-state index is 5.65. The van der Waals surface area contributed by atoms with Crippen LogP contribution in [0.5, 0.6) is 17.2 Å². The van der Waals surface area contributed by atoms with E-state index in [-0.39, 0.29) is 0 Å². The third kappa shape index (κ3) is 4.73. The van der Waals surface area contributed by atoms with Gasteiger partial charge in [0.25, 0.3) is 0 Å². The first kappa shape index (κ1) is 19.5. The second-order valence-electron chi connectivity index (χ2n) is 6.99. The smallest absolute Gasteiger partial charge is 0.129 e. The quantitative estimate of drug-likeness (QED) is 0.747. The van der Waals surface area contributed by atoms with Crippen molar-refractivity contribution in [2.45, 2.75) is 20.0 Å². The van der Waals surface area contributed by atoms with Crippen LogP contribution in [0.3, 0.4) is 0 Å². The zero-order valence-corrected chi connectivity index (χ0v) is 16.8. The Morgan fingerprint density at radius 1 is 0.815 bits per heavy atom. The van der Waals surface area contributed by atoms with E-state index in [0.29, 0.717) is 0 Å². The molecule has 0 unspecified atom stereocenters. The van der Waals surface area contributed by atoms with E-state index in [1.54, 1.807) is 21.3 Å². The van der Waals surface area contributed by atoms with E-state index >= 15 is 0 Å². The van der Waals surface area contributed by atoms with Gasteiger partial charge in [0, 0.05) is 50.4 Å². The molecule has 5 heteroatoms. The summed E-state index contributed by atoms with van der Waals surface area (Å²) in [7, 11) is 5.15. The second-order valence-corrected chi connectivity index (χ2v) is 6.99. The minimum atomic E-state index is 0.874. The monoisotopic (exact) mass is 370 g/mol. The maximum Gasteiger partial charge on any atom is 0.129 e. The Labute approximate surface area is 162 Å². The SMILES string of the molecule is COc1cccc(CN2CCN(Cc3ccc(OC)c(C)c3OC)CC2)c1. The van der Waals surface area contributed by atoms with Gasteiger partial charge in [0.05, 0.1) is 21.3 Å². The highest BCUT2D eigenvalue weighted by Gasteiger charge is 2.20. The van der Waals surface area contributed by atoms with E-state index in [1.165, 1.54) is 11.1 Å². The van der Waals surface area contributed by atoms with Crippen LogP contribution in [0.15, 0.2) is 36.4 Å². The summed E-state index contributed by atoms with van der Waals surface area (Å²) in [5.74, 6) is 2.74. The Morgan fingerprint density at radius 2 is 1.52 bits per heavy atom. The second kappa shape index (κ2) is 9.11. The molecule has 1 aliphatic rings. The predicted octanol–water partition coefficient (Wildman–Crippen LogP) is 3.34. The van der Waals surface area contributed by atoms with Crippen molar-refractivity contribution in [3.63, 3.8) is 0 Å². The molecule has 0 radical (unpaired) electrons. The van der Waals surface area contributed by atoms with Gasteiger partial charge in [-0.15, -0.1) is 0 Å². The summed E-state index contributed by atoms with van der Waals surface area (Å²) in [5, 5.41) is 0. The van der Waals surface area contributed by atoms with Crippen LogP contribution >= 0.6 is 0 Å². The summed E-state index contributed by atoms with van der Waals surface area (Å²) in [6, 6.07) is 12.5. The zero-order chi connectivity index (χ0) is 19.2. The zero-order valence-electron chi connectivity index (χ0n) is 16.8. The number of piperazine rings is 1. The van der Waals surface area contributed by atoms with Gasteiger partial charge in [0.1, 0.15) is 17.2 Å². The van der Waals surface area contributed by atoms with Crippen LogP contribution in [0.1, 0.15) is 16.7 Å². The molecule has 3 rings (SSSR count). The lowest BCUT2D eigenvalue weighted by atomic mass is 10.1. The number of nitrogens with zero attached hydrogens (tertiary/aromatic N) is 2. The first-order valence-corrected chi connectivity index (χ1v) is 9.42. The van der Waals surface area contributed by atoms with Crippen molar-refractivity contribution in [1.82, 2.24) is 9.80 Å². The molecular formula is C22H30N2O3. The molecule has 0 N–H and O–H groups in total. The number of ether oxygens (including phenoxy) is 3. The lowest BCUT2D eigenvalue weighted by Gasteiger charge is -2.35. The van der Waals surface area contributed by atoms with Crippen molar-refractivity contribution in [2.75, 3.05) is 47.5 Å². The number of hydrogen-bond acceptors (Lipinski definition) is 5. The van der Waals surface area contributed by atoms with Gasteiger partial charge in [0.15, 0.2) is 0 Å². The highest BCUT2D eigenvalue weighted by atomic mass is 16.5. The van der Waals surface area contributed by atoms with Gasteiger partial charge in [-0.05, 0) is 30.7 Å². The minimum absolute atomic E-state index is 0.874. The third-order valence-electron chi connectivity index (χ3n) is 5.26. The van der Waals surface area contributed by atoms with Gasteiger partial charge in [-0.2, -0.15) is 0 Å². The lowest BCUT2D eigenvalue weighted by molar-refractivity contribution is 0.121. The van der Waals surface area contributed by atoms with E-state index in [2.05, 4.69) is 34.1 Å². The van der Waals surface area contributed by atoms with Crippen LogP contribution in [-0.4, -0.2) is 57.3 Å². The summed E-state index contributed by atoms with van der Waals surface area (Å²) < 4.78 is 16.4. The van der Waals surface area contributed by atoms with Crippen LogP contribution in [0.2, 0.25) is 0 Å². The molecule has 0 aromatic heterocycles. The largest absolute Gasteiger partial charge is 0.497 e. The van der Waals surface area contributed by atoms with Crippen LogP contribution < -0.4 is 14.2 Å². The molecular weight excluding hydrogens is 340 g/mol. The molecule has 1 saturated heterocycles. The Bertz CT molecular complexity index is 755. The van der Waals surface area contributed by atoms with E-state index in [1.807, 2.05) is 19.1 Å². The van der Waals surface area contributed by atoms with Crippen LogP contribution in [0.4, 0.5) is 0 Å². The molecule has 0 spiro atoms. The van der Waals surface area contributed by atoms with E-state index in [9.17, 15) is 0 Å². The van der Waals surface area contributed by atoms with Gasteiger partial charge < -0.3 is 14.2 Å². The van der Waals surface area contributed by atoms with Crippen molar-refractivity contribution < 1.29 is 14.2 Å². The Morgan fingerprint density at radius 3 is 2.15 bits per heavy atom. The molecule has 1 aliphatic heterocycles. The first-order valence-electron chi connectivity index (χ1n) is 9.42. The van der Waals surface area contributed by atoms with Crippen LogP contribution in [0, 0.1) is 6.92 Å². The van der Waals surface area contributed by atoms with Gasteiger partial charge in [0.2, 0.25) is 0 Å². The molecule has 146 valence electrons. The van der Waals surface area contributed by atoms with Gasteiger partial charge in [-0.1, -0.05) is 18.2 Å². The molecule has 0 atom stereocenters. The summed E-state index contributed by atoms with van der Waals surface area (Å²) >= 11 is 0.